The van der Waals surface area contributed by atoms with E-state index in [0.29, 0.717) is 23.5 Å². The Kier molecular flexibility index (Phi) is 7.11. The van der Waals surface area contributed by atoms with Crippen LogP contribution < -0.4 is 0 Å². The molecule has 0 amide bonds. The van der Waals surface area contributed by atoms with Crippen molar-refractivity contribution in [3.8, 4) is 67.5 Å². The molecular weight excluding hydrogens is 679 g/mol. The normalized spacial score (nSPS) is 22.7. The van der Waals surface area contributed by atoms with Crippen molar-refractivity contribution in [2.24, 2.45) is 23.7 Å². The summed E-state index contributed by atoms with van der Waals surface area (Å²) in [5.74, 6) is 5.21. The van der Waals surface area contributed by atoms with Crippen molar-refractivity contribution in [2.45, 2.75) is 37.5 Å². The molecule has 5 aliphatic rings. The van der Waals surface area contributed by atoms with Gasteiger partial charge < -0.3 is 0 Å². The zero-order valence-electron chi connectivity index (χ0n) is 31.3. The first-order valence-electron chi connectivity index (χ1n) is 20.4. The number of hydrogen-bond acceptors (Lipinski definition) is 3. The molecular formula is C53H41N3. The highest BCUT2D eigenvalue weighted by Crippen LogP contribution is 2.70. The highest BCUT2D eigenvalue weighted by Gasteiger charge is 2.61. The molecule has 4 fully saturated rings. The molecule has 3 heteroatoms. The first kappa shape index (κ1) is 32.1. The van der Waals surface area contributed by atoms with Crippen LogP contribution in [0.5, 0.6) is 0 Å². The van der Waals surface area contributed by atoms with Crippen molar-refractivity contribution in [2.75, 3.05) is 0 Å². The summed E-state index contributed by atoms with van der Waals surface area (Å²) in [6.45, 7) is 0. The summed E-state index contributed by atoms with van der Waals surface area (Å²) in [6.07, 6.45) is 6.83. The third-order valence-corrected chi connectivity index (χ3v) is 13.9. The Labute approximate surface area is 328 Å². The number of hydrogen-bond donors (Lipinski definition) is 0. The lowest BCUT2D eigenvalue weighted by Crippen LogP contribution is -2.55. The molecule has 5 aliphatic carbocycles. The fraction of sp³-hybridized carbons (Fsp3) is 0.189. The molecule has 4 saturated carbocycles. The Bertz CT molecular complexity index is 2780. The van der Waals surface area contributed by atoms with Gasteiger partial charge in [0, 0.05) is 22.1 Å². The zero-order chi connectivity index (χ0) is 36.8. The van der Waals surface area contributed by atoms with Crippen LogP contribution in [0.15, 0.2) is 164 Å². The molecule has 7 aromatic carbocycles. The summed E-state index contributed by atoms with van der Waals surface area (Å²) in [7, 11) is 0. The standard InChI is InChI=1S/C53H41N3/c1-3-10-35(11-4-1)37-18-20-39(21-19-37)50-54-51(41-16-9-15-40(31-41)36-12-5-2-6-13-36)56-52(55-50)42-22-24-46-48(32-42)53(43-27-33-26-34(29-43)30-44(53)28-33)47-25-23-38-14-7-8-17-45(38)49(46)47/h1-25,31-34,43-44H,26-30H2. The van der Waals surface area contributed by atoms with Crippen LogP contribution in [0.3, 0.4) is 0 Å². The SMILES string of the molecule is c1ccc(-c2ccc(-c3nc(-c4cccc(-c5ccccc5)c4)nc(-c4ccc5c(c4)C4(c6ccc7ccccc7c6-5)C5CC6CC(C5)CC4C6)n3)cc2)cc1. The summed E-state index contributed by atoms with van der Waals surface area (Å²) in [5, 5.41) is 2.71. The van der Waals surface area contributed by atoms with E-state index in [-0.39, 0.29) is 5.41 Å². The van der Waals surface area contributed by atoms with Crippen LogP contribution in [0, 0.1) is 23.7 Å². The van der Waals surface area contributed by atoms with E-state index in [1.807, 2.05) is 0 Å². The molecule has 4 bridgehead atoms. The van der Waals surface area contributed by atoms with Gasteiger partial charge in [-0.3, -0.25) is 0 Å². The molecule has 0 radical (unpaired) electrons. The summed E-state index contributed by atoms with van der Waals surface area (Å²) in [4.78, 5) is 15.8. The molecule has 1 heterocycles. The minimum atomic E-state index is 0.0358. The maximum atomic E-state index is 5.33. The van der Waals surface area contributed by atoms with Crippen molar-refractivity contribution in [1.82, 2.24) is 15.0 Å². The first-order valence-corrected chi connectivity index (χ1v) is 20.4. The van der Waals surface area contributed by atoms with Crippen molar-refractivity contribution < 1.29 is 0 Å². The molecule has 0 saturated heterocycles. The molecule has 1 spiro atoms. The predicted molar refractivity (Wildman–Crippen MR) is 228 cm³/mol. The van der Waals surface area contributed by atoms with Gasteiger partial charge in [-0.1, -0.05) is 152 Å². The number of rotatable bonds is 5. The van der Waals surface area contributed by atoms with Gasteiger partial charge in [0.1, 0.15) is 0 Å². The lowest BCUT2D eigenvalue weighted by atomic mass is 9.43. The zero-order valence-corrected chi connectivity index (χ0v) is 31.3. The third-order valence-electron chi connectivity index (χ3n) is 13.9. The van der Waals surface area contributed by atoms with Gasteiger partial charge >= 0.3 is 0 Å². The van der Waals surface area contributed by atoms with Crippen LogP contribution in [0.25, 0.3) is 78.3 Å². The molecule has 13 rings (SSSR count). The fourth-order valence-corrected chi connectivity index (χ4v) is 11.8. The maximum Gasteiger partial charge on any atom is 0.164 e. The summed E-state index contributed by atoms with van der Waals surface area (Å²) < 4.78 is 0. The topological polar surface area (TPSA) is 38.7 Å². The van der Waals surface area contributed by atoms with Crippen molar-refractivity contribution in [3.05, 3.63) is 175 Å². The first-order chi connectivity index (χ1) is 27.7. The molecule has 0 N–H and O–H groups in total. The maximum absolute atomic E-state index is 5.33. The minimum absolute atomic E-state index is 0.0358. The van der Waals surface area contributed by atoms with Gasteiger partial charge in [-0.2, -0.15) is 0 Å². The number of fused-ring (bicyclic) bond motifs is 5. The van der Waals surface area contributed by atoms with Gasteiger partial charge in [0.2, 0.25) is 0 Å². The Morgan fingerprint density at radius 1 is 0.375 bits per heavy atom. The van der Waals surface area contributed by atoms with Crippen molar-refractivity contribution in [3.63, 3.8) is 0 Å². The average molecular weight is 720 g/mol. The number of nitrogens with zero attached hydrogens (tertiary/aromatic N) is 3. The van der Waals surface area contributed by atoms with Crippen LogP contribution in [-0.2, 0) is 5.41 Å². The van der Waals surface area contributed by atoms with Gasteiger partial charge in [0.05, 0.1) is 0 Å². The lowest BCUT2D eigenvalue weighted by Gasteiger charge is -2.61. The molecule has 8 aromatic rings. The summed E-state index contributed by atoms with van der Waals surface area (Å²) in [5.41, 5.74) is 13.7. The summed E-state index contributed by atoms with van der Waals surface area (Å²) in [6, 6.07) is 59.5. The quantitative estimate of drug-likeness (QED) is 0.178. The van der Waals surface area contributed by atoms with Gasteiger partial charge in [-0.25, -0.2) is 15.0 Å². The summed E-state index contributed by atoms with van der Waals surface area (Å²) >= 11 is 0. The Balaban J connectivity index is 1.05. The smallest absolute Gasteiger partial charge is 0.164 e. The van der Waals surface area contributed by atoms with Crippen molar-refractivity contribution >= 4 is 10.8 Å². The van der Waals surface area contributed by atoms with E-state index in [9.17, 15) is 0 Å². The van der Waals surface area contributed by atoms with Crippen LogP contribution in [0.1, 0.15) is 43.2 Å². The van der Waals surface area contributed by atoms with Gasteiger partial charge in [0.15, 0.2) is 17.5 Å². The Hall–Kier alpha value is -6.19. The molecule has 268 valence electrons. The predicted octanol–water partition coefficient (Wildman–Crippen LogP) is 13.1. The van der Waals surface area contributed by atoms with Gasteiger partial charge in [-0.05, 0) is 123 Å². The second-order valence-corrected chi connectivity index (χ2v) is 16.8. The van der Waals surface area contributed by atoms with E-state index in [1.165, 1.54) is 76.3 Å². The average Bonchev–Trinajstić information content (AvgIpc) is 3.56. The second-order valence-electron chi connectivity index (χ2n) is 16.8. The molecule has 1 aromatic heterocycles. The molecule has 3 nitrogen and oxygen atoms in total. The van der Waals surface area contributed by atoms with Crippen LogP contribution in [0.2, 0.25) is 0 Å². The Morgan fingerprint density at radius 2 is 0.893 bits per heavy atom. The van der Waals surface area contributed by atoms with Gasteiger partial charge in [0.25, 0.3) is 0 Å². The van der Waals surface area contributed by atoms with E-state index < -0.39 is 0 Å². The van der Waals surface area contributed by atoms with E-state index >= 15 is 0 Å². The van der Waals surface area contributed by atoms with Gasteiger partial charge in [-0.15, -0.1) is 0 Å². The van der Waals surface area contributed by atoms with E-state index in [4.69, 9.17) is 15.0 Å². The minimum Gasteiger partial charge on any atom is -0.208 e. The van der Waals surface area contributed by atoms with E-state index in [2.05, 4.69) is 164 Å². The van der Waals surface area contributed by atoms with Crippen molar-refractivity contribution in [1.29, 1.82) is 0 Å². The molecule has 0 atom stereocenters. The molecule has 0 unspecified atom stereocenters. The molecule has 56 heavy (non-hydrogen) atoms. The van der Waals surface area contributed by atoms with E-state index in [1.54, 1.807) is 5.56 Å². The monoisotopic (exact) mass is 719 g/mol. The number of aromatic nitrogens is 3. The number of benzene rings is 7. The third kappa shape index (κ3) is 4.86. The Morgan fingerprint density at radius 3 is 1.59 bits per heavy atom. The van der Waals surface area contributed by atoms with E-state index in [0.717, 1.165) is 39.9 Å². The highest BCUT2D eigenvalue weighted by atomic mass is 15.0. The van der Waals surface area contributed by atoms with Crippen LogP contribution >= 0.6 is 0 Å². The van der Waals surface area contributed by atoms with Crippen LogP contribution in [0.4, 0.5) is 0 Å². The fourth-order valence-electron chi connectivity index (χ4n) is 11.8. The largest absolute Gasteiger partial charge is 0.208 e. The molecule has 0 aliphatic heterocycles. The van der Waals surface area contributed by atoms with Crippen LogP contribution in [-0.4, -0.2) is 15.0 Å². The highest BCUT2D eigenvalue weighted by molar-refractivity contribution is 6.03. The second kappa shape index (κ2) is 12.4. The lowest BCUT2D eigenvalue weighted by molar-refractivity contribution is -0.0399.